The minimum Gasteiger partial charge on any atom is -0.497 e. The molecule has 0 atom stereocenters. The smallest absolute Gasteiger partial charge is 0.147 e. The summed E-state index contributed by atoms with van der Waals surface area (Å²) in [5.74, 6) is 0.833. The third-order valence-corrected chi connectivity index (χ3v) is 2.12. The molecule has 4 heteroatoms. The van der Waals surface area contributed by atoms with Gasteiger partial charge in [-0.15, -0.1) is 0 Å². The van der Waals surface area contributed by atoms with Crippen LogP contribution in [0.1, 0.15) is 0 Å². The van der Waals surface area contributed by atoms with Crippen molar-refractivity contribution in [3.05, 3.63) is 41.9 Å². The molecular formula is C10H9ClN2O. The Hall–Kier alpha value is -1.48. The molecule has 0 aliphatic rings. The second-order valence-electron chi connectivity index (χ2n) is 2.80. The van der Waals surface area contributed by atoms with Crippen LogP contribution in [0.3, 0.4) is 0 Å². The summed E-state index contributed by atoms with van der Waals surface area (Å²) in [5, 5.41) is 0.487. The van der Waals surface area contributed by atoms with Gasteiger partial charge in [0.15, 0.2) is 0 Å². The summed E-state index contributed by atoms with van der Waals surface area (Å²) < 4.78 is 6.91. The second kappa shape index (κ2) is 3.72. The summed E-state index contributed by atoms with van der Waals surface area (Å²) in [5.41, 5.74) is 1.00. The zero-order valence-electron chi connectivity index (χ0n) is 7.64. The van der Waals surface area contributed by atoms with Gasteiger partial charge in [0.05, 0.1) is 7.11 Å². The van der Waals surface area contributed by atoms with Crippen molar-refractivity contribution in [1.29, 1.82) is 0 Å². The van der Waals surface area contributed by atoms with Crippen LogP contribution < -0.4 is 4.74 Å². The lowest BCUT2D eigenvalue weighted by molar-refractivity contribution is 0.415. The van der Waals surface area contributed by atoms with Crippen molar-refractivity contribution in [3.8, 4) is 11.4 Å². The molecule has 1 heterocycles. The predicted octanol–water partition coefficient (Wildman–Crippen LogP) is 2.53. The molecule has 0 bridgehead atoms. The molecule has 0 saturated heterocycles. The highest BCUT2D eigenvalue weighted by Crippen LogP contribution is 2.15. The minimum atomic E-state index is 0.487. The van der Waals surface area contributed by atoms with Crippen LogP contribution in [0.2, 0.25) is 5.15 Å². The Morgan fingerprint density at radius 1 is 1.29 bits per heavy atom. The first-order valence-electron chi connectivity index (χ1n) is 4.13. The van der Waals surface area contributed by atoms with E-state index >= 15 is 0 Å². The van der Waals surface area contributed by atoms with Gasteiger partial charge >= 0.3 is 0 Å². The van der Waals surface area contributed by atoms with E-state index in [9.17, 15) is 0 Å². The molecule has 2 rings (SSSR count). The fourth-order valence-corrected chi connectivity index (χ4v) is 1.34. The lowest BCUT2D eigenvalue weighted by Crippen LogP contribution is -1.89. The predicted molar refractivity (Wildman–Crippen MR) is 55.1 cm³/mol. The molecule has 14 heavy (non-hydrogen) atoms. The monoisotopic (exact) mass is 208 g/mol. The Morgan fingerprint density at radius 2 is 2.00 bits per heavy atom. The number of halogens is 1. The van der Waals surface area contributed by atoms with Gasteiger partial charge in [-0.2, -0.15) is 0 Å². The van der Waals surface area contributed by atoms with Crippen LogP contribution in [0.15, 0.2) is 36.8 Å². The van der Waals surface area contributed by atoms with Crippen LogP contribution in [0.5, 0.6) is 5.75 Å². The van der Waals surface area contributed by atoms with E-state index in [1.165, 1.54) is 0 Å². The highest BCUT2D eigenvalue weighted by Gasteiger charge is 1.98. The average Bonchev–Trinajstić information content (AvgIpc) is 2.65. The third-order valence-electron chi connectivity index (χ3n) is 1.92. The summed E-state index contributed by atoms with van der Waals surface area (Å²) in [7, 11) is 1.64. The van der Waals surface area contributed by atoms with Gasteiger partial charge in [0.2, 0.25) is 0 Å². The molecule has 0 aliphatic carbocycles. The molecule has 0 aliphatic heterocycles. The summed E-state index contributed by atoms with van der Waals surface area (Å²) in [6, 6.07) is 7.67. The van der Waals surface area contributed by atoms with Crippen molar-refractivity contribution >= 4 is 11.6 Å². The Morgan fingerprint density at radius 3 is 2.50 bits per heavy atom. The standard InChI is InChI=1S/C10H9ClN2O/c1-14-9-4-2-8(3-5-9)13-6-10(11)12-7-13/h2-7H,1H3. The Bertz CT molecular complexity index is 422. The maximum absolute atomic E-state index is 5.71. The van der Waals surface area contributed by atoms with E-state index < -0.39 is 0 Å². The molecule has 0 unspecified atom stereocenters. The highest BCUT2D eigenvalue weighted by molar-refractivity contribution is 6.29. The summed E-state index contributed by atoms with van der Waals surface area (Å²) in [4.78, 5) is 3.93. The molecule has 1 aromatic carbocycles. The number of methoxy groups -OCH3 is 1. The Labute approximate surface area is 86.9 Å². The van der Waals surface area contributed by atoms with Crippen LogP contribution in [0.4, 0.5) is 0 Å². The average molecular weight is 209 g/mol. The molecule has 72 valence electrons. The third kappa shape index (κ3) is 1.72. The first-order chi connectivity index (χ1) is 6.79. The van der Waals surface area contributed by atoms with Gasteiger partial charge in [0.1, 0.15) is 17.2 Å². The number of ether oxygens (including phenoxy) is 1. The SMILES string of the molecule is COc1ccc(-n2cnc(Cl)c2)cc1. The van der Waals surface area contributed by atoms with Crippen molar-refractivity contribution in [2.75, 3.05) is 7.11 Å². The lowest BCUT2D eigenvalue weighted by atomic mass is 10.3. The number of aromatic nitrogens is 2. The van der Waals surface area contributed by atoms with Crippen molar-refractivity contribution in [1.82, 2.24) is 9.55 Å². The van der Waals surface area contributed by atoms with E-state index in [1.54, 1.807) is 19.6 Å². The van der Waals surface area contributed by atoms with Gasteiger partial charge in [0.25, 0.3) is 0 Å². The van der Waals surface area contributed by atoms with Crippen molar-refractivity contribution in [2.24, 2.45) is 0 Å². The van der Waals surface area contributed by atoms with Gasteiger partial charge in [-0.05, 0) is 24.3 Å². The lowest BCUT2D eigenvalue weighted by Gasteiger charge is -2.03. The van der Waals surface area contributed by atoms with Crippen LogP contribution in [-0.2, 0) is 0 Å². The molecule has 3 nitrogen and oxygen atoms in total. The van der Waals surface area contributed by atoms with Crippen LogP contribution in [0, 0.1) is 0 Å². The summed E-state index contributed by atoms with van der Waals surface area (Å²) in [6.07, 6.45) is 3.42. The maximum atomic E-state index is 5.71. The Balaban J connectivity index is 2.33. The molecule has 0 radical (unpaired) electrons. The largest absolute Gasteiger partial charge is 0.497 e. The summed E-state index contributed by atoms with van der Waals surface area (Å²) >= 11 is 5.71. The fourth-order valence-electron chi connectivity index (χ4n) is 1.19. The van der Waals surface area contributed by atoms with E-state index in [0.717, 1.165) is 11.4 Å². The van der Waals surface area contributed by atoms with E-state index in [2.05, 4.69) is 4.98 Å². The van der Waals surface area contributed by atoms with E-state index in [4.69, 9.17) is 16.3 Å². The number of benzene rings is 1. The van der Waals surface area contributed by atoms with Gasteiger partial charge in [-0.3, -0.25) is 0 Å². The Kier molecular flexibility index (Phi) is 2.41. The number of rotatable bonds is 2. The van der Waals surface area contributed by atoms with Crippen LogP contribution >= 0.6 is 11.6 Å². The molecule has 1 aromatic heterocycles. The van der Waals surface area contributed by atoms with Crippen molar-refractivity contribution < 1.29 is 4.74 Å². The molecule has 0 spiro atoms. The quantitative estimate of drug-likeness (QED) is 0.759. The number of hydrogen-bond donors (Lipinski definition) is 0. The fraction of sp³-hybridized carbons (Fsp3) is 0.100. The van der Waals surface area contributed by atoms with Crippen molar-refractivity contribution in [3.63, 3.8) is 0 Å². The summed E-state index contributed by atoms with van der Waals surface area (Å²) in [6.45, 7) is 0. The van der Waals surface area contributed by atoms with E-state index in [0.29, 0.717) is 5.15 Å². The normalized spacial score (nSPS) is 10.1. The van der Waals surface area contributed by atoms with Gasteiger partial charge in [-0.1, -0.05) is 11.6 Å². The zero-order chi connectivity index (χ0) is 9.97. The zero-order valence-corrected chi connectivity index (χ0v) is 8.40. The molecule has 0 fully saturated rings. The number of imidazole rings is 1. The van der Waals surface area contributed by atoms with Crippen LogP contribution in [-0.4, -0.2) is 16.7 Å². The number of hydrogen-bond acceptors (Lipinski definition) is 2. The van der Waals surface area contributed by atoms with Crippen molar-refractivity contribution in [2.45, 2.75) is 0 Å². The molecule has 2 aromatic rings. The molecule has 0 amide bonds. The minimum absolute atomic E-state index is 0.487. The molecule has 0 N–H and O–H groups in total. The van der Waals surface area contributed by atoms with Gasteiger partial charge in [0, 0.05) is 11.9 Å². The highest BCUT2D eigenvalue weighted by atomic mass is 35.5. The van der Waals surface area contributed by atoms with E-state index in [1.807, 2.05) is 28.8 Å². The first kappa shape index (κ1) is 9.09. The topological polar surface area (TPSA) is 27.1 Å². The van der Waals surface area contributed by atoms with Crippen LogP contribution in [0.25, 0.3) is 5.69 Å². The molecule has 0 saturated carbocycles. The maximum Gasteiger partial charge on any atom is 0.147 e. The van der Waals surface area contributed by atoms with Gasteiger partial charge in [-0.25, -0.2) is 4.98 Å². The molecular weight excluding hydrogens is 200 g/mol. The van der Waals surface area contributed by atoms with Gasteiger partial charge < -0.3 is 9.30 Å². The van der Waals surface area contributed by atoms with E-state index in [-0.39, 0.29) is 0 Å². The second-order valence-corrected chi connectivity index (χ2v) is 3.19. The number of nitrogens with zero attached hydrogens (tertiary/aromatic N) is 2. The first-order valence-corrected chi connectivity index (χ1v) is 4.51.